The van der Waals surface area contributed by atoms with Gasteiger partial charge in [0.15, 0.2) is 0 Å². The topological polar surface area (TPSA) is 50.8 Å². The van der Waals surface area contributed by atoms with Crippen LogP contribution in [0.2, 0.25) is 0 Å². The summed E-state index contributed by atoms with van der Waals surface area (Å²) in [4.78, 5) is 14.5. The molecule has 0 spiro atoms. The number of hydrogen-bond donors (Lipinski definition) is 1. The van der Waals surface area contributed by atoms with E-state index in [2.05, 4.69) is 5.32 Å². The van der Waals surface area contributed by atoms with Gasteiger partial charge >= 0.3 is 0 Å². The first-order valence-corrected chi connectivity index (χ1v) is 8.49. The molecule has 0 aromatic heterocycles. The smallest absolute Gasteiger partial charge is 0.238 e. The average Bonchev–Trinajstić information content (AvgIpc) is 2.65. The number of benzene rings is 2. The highest BCUT2D eigenvalue weighted by Gasteiger charge is 2.18. The molecule has 0 aliphatic carbocycles. The van der Waals surface area contributed by atoms with Gasteiger partial charge in [-0.05, 0) is 31.2 Å². The maximum atomic E-state index is 13.1. The fourth-order valence-electron chi connectivity index (χ4n) is 2.74. The summed E-state index contributed by atoms with van der Waals surface area (Å²) in [6, 6.07) is 11.6. The third kappa shape index (κ3) is 5.20. The normalized spacial score (nSPS) is 11.9. The average molecular weight is 360 g/mol. The van der Waals surface area contributed by atoms with Crippen molar-refractivity contribution in [3.05, 3.63) is 53.8 Å². The van der Waals surface area contributed by atoms with E-state index >= 15 is 0 Å². The molecule has 0 heterocycles. The van der Waals surface area contributed by atoms with E-state index in [0.717, 1.165) is 5.56 Å². The number of carbonyl (C=O) groups is 1. The first-order valence-electron chi connectivity index (χ1n) is 8.49. The van der Waals surface area contributed by atoms with Crippen molar-refractivity contribution in [3.63, 3.8) is 0 Å². The summed E-state index contributed by atoms with van der Waals surface area (Å²) in [5.41, 5.74) is 1.57. The molecule has 0 aliphatic rings. The molecule has 26 heavy (non-hydrogen) atoms. The van der Waals surface area contributed by atoms with Crippen molar-refractivity contribution in [1.82, 2.24) is 4.90 Å². The standard InChI is InChI=1S/C20H25FN2O3/c1-5-23(14(2)15-6-8-16(21)9-7-15)13-20(24)22-17-10-18(25-3)12-19(11-17)26-4/h6-12,14H,5,13H2,1-4H3,(H,22,24). The molecule has 6 heteroatoms. The van der Waals surface area contributed by atoms with Crippen LogP contribution in [0.25, 0.3) is 0 Å². The van der Waals surface area contributed by atoms with Gasteiger partial charge in [0.25, 0.3) is 0 Å². The first kappa shape index (κ1) is 19.7. The van der Waals surface area contributed by atoms with Gasteiger partial charge in [0.05, 0.1) is 20.8 Å². The van der Waals surface area contributed by atoms with Crippen LogP contribution in [-0.2, 0) is 4.79 Å². The molecule has 5 nitrogen and oxygen atoms in total. The molecule has 0 saturated heterocycles. The van der Waals surface area contributed by atoms with Gasteiger partial charge in [-0.2, -0.15) is 0 Å². The largest absolute Gasteiger partial charge is 0.497 e. The second-order valence-corrected chi connectivity index (χ2v) is 5.94. The predicted octanol–water partition coefficient (Wildman–Crippen LogP) is 3.86. The number of anilines is 1. The summed E-state index contributed by atoms with van der Waals surface area (Å²) in [5, 5.41) is 2.87. The third-order valence-corrected chi connectivity index (χ3v) is 4.29. The number of methoxy groups -OCH3 is 2. The van der Waals surface area contributed by atoms with Crippen molar-refractivity contribution in [2.75, 3.05) is 32.6 Å². The summed E-state index contributed by atoms with van der Waals surface area (Å²) >= 11 is 0. The Morgan fingerprint density at radius 1 is 1.12 bits per heavy atom. The SMILES string of the molecule is CCN(CC(=O)Nc1cc(OC)cc(OC)c1)C(C)c1ccc(F)cc1. The lowest BCUT2D eigenvalue weighted by atomic mass is 10.1. The van der Waals surface area contributed by atoms with Crippen LogP contribution in [0.15, 0.2) is 42.5 Å². The molecule has 0 bridgehead atoms. The predicted molar refractivity (Wildman–Crippen MR) is 100 cm³/mol. The Labute approximate surface area is 153 Å². The Morgan fingerprint density at radius 2 is 1.69 bits per heavy atom. The zero-order valence-electron chi connectivity index (χ0n) is 15.6. The summed E-state index contributed by atoms with van der Waals surface area (Å²) in [7, 11) is 3.12. The van der Waals surface area contributed by atoms with Crippen molar-refractivity contribution in [2.24, 2.45) is 0 Å². The van der Waals surface area contributed by atoms with E-state index < -0.39 is 0 Å². The van der Waals surface area contributed by atoms with E-state index in [1.54, 1.807) is 44.6 Å². The van der Waals surface area contributed by atoms with Crippen molar-refractivity contribution >= 4 is 11.6 Å². The van der Waals surface area contributed by atoms with E-state index in [0.29, 0.717) is 23.7 Å². The van der Waals surface area contributed by atoms with Gasteiger partial charge < -0.3 is 14.8 Å². The zero-order valence-corrected chi connectivity index (χ0v) is 15.6. The molecule has 1 atom stereocenters. The van der Waals surface area contributed by atoms with E-state index in [1.165, 1.54) is 12.1 Å². The van der Waals surface area contributed by atoms with Crippen LogP contribution < -0.4 is 14.8 Å². The summed E-state index contributed by atoms with van der Waals surface area (Å²) in [6.45, 7) is 4.89. The molecular formula is C20H25FN2O3. The lowest BCUT2D eigenvalue weighted by molar-refractivity contribution is -0.117. The fraction of sp³-hybridized carbons (Fsp3) is 0.350. The van der Waals surface area contributed by atoms with Crippen LogP contribution in [-0.4, -0.2) is 38.1 Å². The number of likely N-dealkylation sites (N-methyl/N-ethyl adjacent to an activating group) is 1. The molecule has 2 rings (SSSR count). The van der Waals surface area contributed by atoms with Crippen LogP contribution in [0, 0.1) is 5.82 Å². The molecule has 1 unspecified atom stereocenters. The summed E-state index contributed by atoms with van der Waals surface area (Å²) in [5.74, 6) is 0.795. The molecular weight excluding hydrogens is 335 g/mol. The second-order valence-electron chi connectivity index (χ2n) is 5.94. The number of ether oxygens (including phenoxy) is 2. The van der Waals surface area contributed by atoms with Crippen LogP contribution in [0.3, 0.4) is 0 Å². The molecule has 0 radical (unpaired) electrons. The van der Waals surface area contributed by atoms with Gasteiger partial charge in [0.1, 0.15) is 17.3 Å². The van der Waals surface area contributed by atoms with Crippen molar-refractivity contribution in [2.45, 2.75) is 19.9 Å². The minimum Gasteiger partial charge on any atom is -0.497 e. The van der Waals surface area contributed by atoms with Crippen molar-refractivity contribution in [1.29, 1.82) is 0 Å². The van der Waals surface area contributed by atoms with Crippen molar-refractivity contribution < 1.29 is 18.7 Å². The molecule has 140 valence electrons. The number of carbonyl (C=O) groups excluding carboxylic acids is 1. The number of amides is 1. The number of hydrogen-bond acceptors (Lipinski definition) is 4. The van der Waals surface area contributed by atoms with Crippen molar-refractivity contribution in [3.8, 4) is 11.5 Å². The Balaban J connectivity index is 2.06. The van der Waals surface area contributed by atoms with Gasteiger partial charge in [-0.1, -0.05) is 19.1 Å². The van der Waals surface area contributed by atoms with Gasteiger partial charge in [0, 0.05) is 29.9 Å². The Bertz CT molecular complexity index is 712. The fourth-order valence-corrected chi connectivity index (χ4v) is 2.74. The maximum Gasteiger partial charge on any atom is 0.238 e. The number of nitrogens with one attached hydrogen (secondary N) is 1. The molecule has 1 N–H and O–H groups in total. The van der Waals surface area contributed by atoms with Gasteiger partial charge in [0.2, 0.25) is 5.91 Å². The summed E-state index contributed by atoms with van der Waals surface area (Å²) in [6.07, 6.45) is 0. The molecule has 0 fully saturated rings. The number of halogens is 1. The third-order valence-electron chi connectivity index (χ3n) is 4.29. The molecule has 2 aromatic rings. The lowest BCUT2D eigenvalue weighted by Gasteiger charge is -2.27. The second kappa shape index (κ2) is 9.20. The summed E-state index contributed by atoms with van der Waals surface area (Å²) < 4.78 is 23.5. The lowest BCUT2D eigenvalue weighted by Crippen LogP contribution is -2.35. The van der Waals surface area contributed by atoms with Gasteiger partial charge in [-0.3, -0.25) is 9.69 Å². The van der Waals surface area contributed by atoms with E-state index in [-0.39, 0.29) is 24.3 Å². The van der Waals surface area contributed by atoms with E-state index in [1.807, 2.05) is 18.7 Å². The highest BCUT2D eigenvalue weighted by molar-refractivity contribution is 5.92. The highest BCUT2D eigenvalue weighted by atomic mass is 19.1. The van der Waals surface area contributed by atoms with E-state index in [9.17, 15) is 9.18 Å². The van der Waals surface area contributed by atoms with Crippen LogP contribution in [0.5, 0.6) is 11.5 Å². The Morgan fingerprint density at radius 3 is 2.19 bits per heavy atom. The molecule has 0 saturated carbocycles. The zero-order chi connectivity index (χ0) is 19.1. The van der Waals surface area contributed by atoms with Gasteiger partial charge in [-0.15, -0.1) is 0 Å². The highest BCUT2D eigenvalue weighted by Crippen LogP contribution is 2.26. The minimum atomic E-state index is -0.270. The monoisotopic (exact) mass is 360 g/mol. The molecule has 2 aromatic carbocycles. The van der Waals surface area contributed by atoms with Crippen LogP contribution in [0.1, 0.15) is 25.5 Å². The van der Waals surface area contributed by atoms with Gasteiger partial charge in [-0.25, -0.2) is 4.39 Å². The first-order chi connectivity index (χ1) is 12.5. The number of nitrogens with zero attached hydrogens (tertiary/aromatic N) is 1. The molecule has 1 amide bonds. The number of rotatable bonds is 8. The van der Waals surface area contributed by atoms with Crippen LogP contribution >= 0.6 is 0 Å². The van der Waals surface area contributed by atoms with Crippen LogP contribution in [0.4, 0.5) is 10.1 Å². The minimum absolute atomic E-state index is 0.00815. The molecule has 0 aliphatic heterocycles. The maximum absolute atomic E-state index is 13.1. The van der Waals surface area contributed by atoms with E-state index in [4.69, 9.17) is 9.47 Å². The Hall–Kier alpha value is -2.60. The quantitative estimate of drug-likeness (QED) is 0.777. The Kier molecular flexibility index (Phi) is 6.97.